The summed E-state index contributed by atoms with van der Waals surface area (Å²) in [5.74, 6) is -4.68. The number of hydrogen-bond acceptors (Lipinski definition) is 4. The number of benzene rings is 3. The van der Waals surface area contributed by atoms with Gasteiger partial charge in [0.05, 0.1) is 34.3 Å². The van der Waals surface area contributed by atoms with Crippen molar-refractivity contribution < 1.29 is 31.9 Å². The van der Waals surface area contributed by atoms with E-state index in [9.17, 15) is 31.9 Å². The SMILES string of the molecule is O=C(O)c1cc(-c2ccc(C34CCNCC3C4(F)F)cc2)cc(-n2cc(-c3ccc(C(F)(F)F)cc3)nn2)c1. The Bertz CT molecular complexity index is 1560. The molecule has 200 valence electrons. The molecule has 2 heterocycles. The number of nitrogens with zero attached hydrogens (tertiary/aromatic N) is 3. The standard InChI is InChI=1S/C28H21F5N4O2/c29-27(30)24-14-34-10-9-26(24,27)20-5-1-16(2-6-20)18-11-19(25(38)39)13-22(12-18)37-15-23(35-36-37)17-3-7-21(8-4-17)28(31,32)33/h1-8,11-13,15,24,34H,9-10,14H2,(H,38,39). The number of piperidine rings is 1. The molecule has 3 aromatic carbocycles. The average Bonchev–Trinajstić information content (AvgIpc) is 3.21. The summed E-state index contributed by atoms with van der Waals surface area (Å²) in [4.78, 5) is 11.9. The summed E-state index contributed by atoms with van der Waals surface area (Å²) in [6.45, 7) is 0.787. The van der Waals surface area contributed by atoms with Crippen LogP contribution in [0.2, 0.25) is 0 Å². The van der Waals surface area contributed by atoms with Crippen LogP contribution in [0.3, 0.4) is 0 Å². The van der Waals surface area contributed by atoms with Gasteiger partial charge in [-0.1, -0.05) is 41.6 Å². The molecular formula is C28H21F5N4O2. The fourth-order valence-electron chi connectivity index (χ4n) is 5.59. The first-order valence-electron chi connectivity index (χ1n) is 12.2. The fraction of sp³-hybridized carbons (Fsp3) is 0.250. The van der Waals surface area contributed by atoms with Crippen molar-refractivity contribution in [1.29, 1.82) is 0 Å². The van der Waals surface area contributed by atoms with Crippen LogP contribution < -0.4 is 5.32 Å². The van der Waals surface area contributed by atoms with Gasteiger partial charge in [-0.15, -0.1) is 5.10 Å². The molecule has 4 aromatic rings. The first-order chi connectivity index (χ1) is 18.5. The summed E-state index contributed by atoms with van der Waals surface area (Å²) < 4.78 is 69.3. The largest absolute Gasteiger partial charge is 0.478 e. The van der Waals surface area contributed by atoms with Crippen molar-refractivity contribution in [2.45, 2.75) is 23.9 Å². The maximum Gasteiger partial charge on any atom is 0.416 e. The molecule has 2 atom stereocenters. The molecule has 11 heteroatoms. The Labute approximate surface area is 219 Å². The van der Waals surface area contributed by atoms with Gasteiger partial charge in [0, 0.05) is 12.1 Å². The van der Waals surface area contributed by atoms with E-state index in [4.69, 9.17) is 0 Å². The Hall–Kier alpha value is -4.12. The smallest absolute Gasteiger partial charge is 0.416 e. The van der Waals surface area contributed by atoms with Crippen molar-refractivity contribution in [3.8, 4) is 28.1 Å². The highest BCUT2D eigenvalue weighted by atomic mass is 19.4. The van der Waals surface area contributed by atoms with Crippen molar-refractivity contribution in [1.82, 2.24) is 20.3 Å². The van der Waals surface area contributed by atoms with E-state index in [1.165, 1.54) is 35.1 Å². The number of rotatable bonds is 5. The summed E-state index contributed by atoms with van der Waals surface area (Å²) >= 11 is 0. The second kappa shape index (κ2) is 8.70. The van der Waals surface area contributed by atoms with Crippen LogP contribution in [0.5, 0.6) is 0 Å². The van der Waals surface area contributed by atoms with Crippen molar-refractivity contribution in [3.05, 3.63) is 89.6 Å². The monoisotopic (exact) mass is 540 g/mol. The van der Waals surface area contributed by atoms with Crippen molar-refractivity contribution in [2.75, 3.05) is 13.1 Å². The van der Waals surface area contributed by atoms with Crippen molar-refractivity contribution >= 4 is 5.97 Å². The summed E-state index contributed by atoms with van der Waals surface area (Å²) in [5, 5.41) is 20.8. The number of fused-ring (bicyclic) bond motifs is 1. The molecule has 2 fully saturated rings. The molecule has 6 nitrogen and oxygen atoms in total. The molecule has 0 amide bonds. The highest BCUT2D eigenvalue weighted by Gasteiger charge is 2.80. The van der Waals surface area contributed by atoms with Gasteiger partial charge in [-0.2, -0.15) is 13.2 Å². The molecule has 2 aliphatic rings. The third-order valence-corrected chi connectivity index (χ3v) is 7.75. The maximum atomic E-state index is 14.7. The van der Waals surface area contributed by atoms with E-state index < -0.39 is 35.0 Å². The second-order valence-corrected chi connectivity index (χ2v) is 9.88. The van der Waals surface area contributed by atoms with E-state index in [1.807, 2.05) is 0 Å². The normalized spacial score (nSPS) is 21.8. The lowest BCUT2D eigenvalue weighted by Crippen LogP contribution is -2.31. The quantitative estimate of drug-likeness (QED) is 0.312. The zero-order valence-electron chi connectivity index (χ0n) is 20.2. The number of alkyl halides is 5. The third kappa shape index (κ3) is 4.08. The number of halogens is 5. The van der Waals surface area contributed by atoms with Crippen LogP contribution in [0.25, 0.3) is 28.1 Å². The number of carbonyl (C=O) groups is 1. The number of aromatic nitrogens is 3. The molecule has 1 aliphatic heterocycles. The Morgan fingerprint density at radius 3 is 2.31 bits per heavy atom. The van der Waals surface area contributed by atoms with Crippen LogP contribution in [0.4, 0.5) is 22.0 Å². The first kappa shape index (κ1) is 25.2. The topological polar surface area (TPSA) is 80.0 Å². The minimum Gasteiger partial charge on any atom is -0.478 e. The predicted molar refractivity (Wildman–Crippen MR) is 132 cm³/mol. The van der Waals surface area contributed by atoms with E-state index in [2.05, 4.69) is 15.6 Å². The minimum absolute atomic E-state index is 0.0242. The van der Waals surface area contributed by atoms with Crippen LogP contribution in [-0.4, -0.2) is 45.1 Å². The van der Waals surface area contributed by atoms with E-state index >= 15 is 0 Å². The summed E-state index contributed by atoms with van der Waals surface area (Å²) in [5.41, 5.74) is 0.832. The predicted octanol–water partition coefficient (Wildman–Crippen LogP) is 5.81. The van der Waals surface area contributed by atoms with Gasteiger partial charge >= 0.3 is 12.1 Å². The highest BCUT2D eigenvalue weighted by Crippen LogP contribution is 2.69. The first-order valence-corrected chi connectivity index (χ1v) is 12.2. The third-order valence-electron chi connectivity index (χ3n) is 7.75. The number of carboxylic acid groups (broad SMARTS) is 1. The van der Waals surface area contributed by atoms with Gasteiger partial charge in [-0.25, -0.2) is 18.3 Å². The maximum absolute atomic E-state index is 14.7. The molecule has 2 N–H and O–H groups in total. The molecule has 39 heavy (non-hydrogen) atoms. The molecule has 2 unspecified atom stereocenters. The van der Waals surface area contributed by atoms with Gasteiger partial charge in [0.2, 0.25) is 0 Å². The zero-order valence-corrected chi connectivity index (χ0v) is 20.2. The number of carboxylic acids is 1. The van der Waals surface area contributed by atoms with Crippen molar-refractivity contribution in [3.63, 3.8) is 0 Å². The molecule has 6 rings (SSSR count). The molecule has 1 aliphatic carbocycles. The Balaban J connectivity index is 1.32. The lowest BCUT2D eigenvalue weighted by Gasteiger charge is -2.22. The lowest BCUT2D eigenvalue weighted by atomic mass is 9.86. The van der Waals surface area contributed by atoms with Gasteiger partial charge in [0.15, 0.2) is 0 Å². The fourth-order valence-corrected chi connectivity index (χ4v) is 5.59. The summed E-state index contributed by atoms with van der Waals surface area (Å²) in [7, 11) is 0. The van der Waals surface area contributed by atoms with Gasteiger partial charge in [0.1, 0.15) is 5.69 Å². The second-order valence-electron chi connectivity index (χ2n) is 9.88. The lowest BCUT2D eigenvalue weighted by molar-refractivity contribution is -0.137. The van der Waals surface area contributed by atoms with E-state index in [1.54, 1.807) is 30.3 Å². The van der Waals surface area contributed by atoms with Crippen LogP contribution in [-0.2, 0) is 11.6 Å². The molecule has 0 radical (unpaired) electrons. The van der Waals surface area contributed by atoms with Gasteiger partial charge in [0.25, 0.3) is 5.92 Å². The summed E-state index contributed by atoms with van der Waals surface area (Å²) in [6, 6.07) is 15.8. The van der Waals surface area contributed by atoms with E-state index in [-0.39, 0.29) is 12.1 Å². The van der Waals surface area contributed by atoms with E-state index in [0.717, 1.165) is 12.1 Å². The number of aromatic carboxylic acids is 1. The van der Waals surface area contributed by atoms with Crippen LogP contribution in [0.15, 0.2) is 72.9 Å². The van der Waals surface area contributed by atoms with Crippen LogP contribution >= 0.6 is 0 Å². The molecule has 0 bridgehead atoms. The molecule has 1 saturated carbocycles. The van der Waals surface area contributed by atoms with Crippen LogP contribution in [0.1, 0.15) is 27.9 Å². The van der Waals surface area contributed by atoms with Crippen molar-refractivity contribution in [2.24, 2.45) is 5.92 Å². The molecular weight excluding hydrogens is 519 g/mol. The van der Waals surface area contributed by atoms with E-state index in [0.29, 0.717) is 46.6 Å². The highest BCUT2D eigenvalue weighted by molar-refractivity contribution is 5.90. The van der Waals surface area contributed by atoms with Gasteiger partial charge in [-0.3, -0.25) is 0 Å². The molecule has 0 spiro atoms. The van der Waals surface area contributed by atoms with Crippen LogP contribution in [0, 0.1) is 5.92 Å². The zero-order chi connectivity index (χ0) is 27.6. The number of hydrogen-bond donors (Lipinski definition) is 2. The Morgan fingerprint density at radius 1 is 0.974 bits per heavy atom. The molecule has 1 saturated heterocycles. The van der Waals surface area contributed by atoms with Gasteiger partial charge in [-0.05, 0) is 60.0 Å². The Kier molecular flexibility index (Phi) is 5.62. The average molecular weight is 540 g/mol. The van der Waals surface area contributed by atoms with Gasteiger partial charge < -0.3 is 10.4 Å². The number of nitrogens with one attached hydrogen (secondary N) is 1. The summed E-state index contributed by atoms with van der Waals surface area (Å²) in [6.07, 6.45) is -2.63. The molecule has 1 aromatic heterocycles. The minimum atomic E-state index is -4.46. The Morgan fingerprint density at radius 2 is 1.67 bits per heavy atom.